The Morgan fingerprint density at radius 2 is 2.62 bits per heavy atom. The highest BCUT2D eigenvalue weighted by molar-refractivity contribution is 4.99. The van der Waals surface area contributed by atoms with Crippen molar-refractivity contribution in [2.24, 2.45) is 5.92 Å². The zero-order chi connectivity index (χ0) is 9.10. The van der Waals surface area contributed by atoms with Gasteiger partial charge in [-0.15, -0.1) is 0 Å². The van der Waals surface area contributed by atoms with Crippen molar-refractivity contribution in [3.05, 3.63) is 18.0 Å². The third kappa shape index (κ3) is 2.31. The molecule has 1 saturated heterocycles. The summed E-state index contributed by atoms with van der Waals surface area (Å²) < 4.78 is 2.06. The van der Waals surface area contributed by atoms with Gasteiger partial charge in [-0.05, 0) is 44.3 Å². The molecule has 1 atom stereocenters. The maximum atomic E-state index is 4.30. The Hall–Kier alpha value is -0.830. The average Bonchev–Trinajstić information content (AvgIpc) is 2.53. The highest BCUT2D eigenvalue weighted by Crippen LogP contribution is 2.12. The van der Waals surface area contributed by atoms with Crippen LogP contribution in [0.25, 0.3) is 0 Å². The molecule has 0 unspecified atom stereocenters. The third-order valence-corrected chi connectivity index (χ3v) is 2.61. The van der Waals surface area contributed by atoms with Gasteiger partial charge >= 0.3 is 0 Å². The Bertz CT molecular complexity index is 261. The van der Waals surface area contributed by atoms with Gasteiger partial charge in [-0.3, -0.25) is 4.68 Å². The normalized spacial score (nSPS) is 23.3. The first kappa shape index (κ1) is 8.75. The third-order valence-electron chi connectivity index (χ3n) is 2.61. The van der Waals surface area contributed by atoms with Crippen LogP contribution in [0.5, 0.6) is 0 Å². The predicted molar refractivity (Wildman–Crippen MR) is 52.6 cm³/mol. The zero-order valence-electron chi connectivity index (χ0n) is 8.16. The van der Waals surface area contributed by atoms with Crippen molar-refractivity contribution in [1.29, 1.82) is 0 Å². The lowest BCUT2D eigenvalue weighted by Gasteiger charge is -2.22. The molecule has 72 valence electrons. The highest BCUT2D eigenvalue weighted by Gasteiger charge is 2.13. The molecule has 0 amide bonds. The molecule has 0 bridgehead atoms. The topological polar surface area (TPSA) is 29.9 Å². The molecule has 0 aliphatic carbocycles. The Labute approximate surface area is 79.1 Å². The van der Waals surface area contributed by atoms with Crippen LogP contribution in [0.1, 0.15) is 18.4 Å². The van der Waals surface area contributed by atoms with Crippen LogP contribution in [0.3, 0.4) is 0 Å². The van der Waals surface area contributed by atoms with Crippen LogP contribution in [0.15, 0.2) is 12.4 Å². The fraction of sp³-hybridized carbons (Fsp3) is 0.700. The minimum atomic E-state index is 0.771. The van der Waals surface area contributed by atoms with Crippen molar-refractivity contribution >= 4 is 0 Å². The molecule has 3 nitrogen and oxygen atoms in total. The Balaban J connectivity index is 1.89. The molecule has 1 fully saturated rings. The first-order valence-corrected chi connectivity index (χ1v) is 5.04. The molecule has 1 aromatic heterocycles. The number of aryl methyl sites for hydroxylation is 1. The largest absolute Gasteiger partial charge is 0.316 e. The second-order valence-electron chi connectivity index (χ2n) is 3.95. The van der Waals surface area contributed by atoms with E-state index < -0.39 is 0 Å². The van der Waals surface area contributed by atoms with E-state index in [0.29, 0.717) is 0 Å². The van der Waals surface area contributed by atoms with Gasteiger partial charge in [-0.2, -0.15) is 5.10 Å². The smallest absolute Gasteiger partial charge is 0.0518 e. The molecular weight excluding hydrogens is 162 g/mol. The van der Waals surface area contributed by atoms with Crippen LogP contribution in [0, 0.1) is 12.8 Å². The fourth-order valence-electron chi connectivity index (χ4n) is 1.91. The molecule has 13 heavy (non-hydrogen) atoms. The number of rotatable bonds is 2. The molecular formula is C10H17N3. The van der Waals surface area contributed by atoms with Gasteiger partial charge in [-0.25, -0.2) is 0 Å². The summed E-state index contributed by atoms with van der Waals surface area (Å²) in [5.74, 6) is 0.771. The number of aromatic nitrogens is 2. The van der Waals surface area contributed by atoms with Crippen LogP contribution >= 0.6 is 0 Å². The number of nitrogens with zero attached hydrogens (tertiary/aromatic N) is 2. The van der Waals surface area contributed by atoms with Crippen molar-refractivity contribution in [2.45, 2.75) is 26.3 Å². The summed E-state index contributed by atoms with van der Waals surface area (Å²) in [5, 5.41) is 7.72. The van der Waals surface area contributed by atoms with Crippen molar-refractivity contribution in [3.63, 3.8) is 0 Å². The van der Waals surface area contributed by atoms with E-state index in [-0.39, 0.29) is 0 Å². The molecule has 0 radical (unpaired) electrons. The van der Waals surface area contributed by atoms with Crippen LogP contribution in [-0.2, 0) is 6.54 Å². The molecule has 0 saturated carbocycles. The van der Waals surface area contributed by atoms with Crippen LogP contribution in [0.4, 0.5) is 0 Å². The molecule has 2 heterocycles. The molecule has 0 spiro atoms. The minimum Gasteiger partial charge on any atom is -0.316 e. The quantitative estimate of drug-likeness (QED) is 0.739. The van der Waals surface area contributed by atoms with Crippen molar-refractivity contribution in [1.82, 2.24) is 15.1 Å². The predicted octanol–water partition coefficient (Wildman–Crippen LogP) is 1.19. The van der Waals surface area contributed by atoms with Gasteiger partial charge in [-0.1, -0.05) is 0 Å². The van der Waals surface area contributed by atoms with E-state index in [9.17, 15) is 0 Å². The number of piperidine rings is 1. The summed E-state index contributed by atoms with van der Waals surface area (Å²) >= 11 is 0. The van der Waals surface area contributed by atoms with Crippen molar-refractivity contribution in [2.75, 3.05) is 13.1 Å². The molecule has 1 N–H and O–H groups in total. The van der Waals surface area contributed by atoms with E-state index in [0.717, 1.165) is 19.0 Å². The SMILES string of the molecule is Cc1cnn(C[C@H]2CCCNC2)c1. The summed E-state index contributed by atoms with van der Waals surface area (Å²) in [6.45, 7) is 5.50. The van der Waals surface area contributed by atoms with Gasteiger partial charge in [0.2, 0.25) is 0 Å². The highest BCUT2D eigenvalue weighted by atomic mass is 15.3. The lowest BCUT2D eigenvalue weighted by Crippen LogP contribution is -2.32. The van der Waals surface area contributed by atoms with Crippen molar-refractivity contribution in [3.8, 4) is 0 Å². The first-order valence-electron chi connectivity index (χ1n) is 5.04. The molecule has 3 heteroatoms. The second kappa shape index (κ2) is 3.92. The Morgan fingerprint density at radius 1 is 1.69 bits per heavy atom. The summed E-state index contributed by atoms with van der Waals surface area (Å²) in [5.41, 5.74) is 1.25. The van der Waals surface area contributed by atoms with Gasteiger partial charge in [0.1, 0.15) is 0 Å². The minimum absolute atomic E-state index is 0.771. The Kier molecular flexibility index (Phi) is 2.64. The van der Waals surface area contributed by atoms with E-state index in [4.69, 9.17) is 0 Å². The number of hydrogen-bond donors (Lipinski definition) is 1. The summed E-state index contributed by atoms with van der Waals surface area (Å²) in [4.78, 5) is 0. The van der Waals surface area contributed by atoms with E-state index in [2.05, 4.69) is 28.2 Å². The van der Waals surface area contributed by atoms with Gasteiger partial charge in [0.25, 0.3) is 0 Å². The number of nitrogens with one attached hydrogen (secondary N) is 1. The number of hydrogen-bond acceptors (Lipinski definition) is 2. The van der Waals surface area contributed by atoms with Gasteiger partial charge in [0.15, 0.2) is 0 Å². The monoisotopic (exact) mass is 179 g/mol. The maximum absolute atomic E-state index is 4.30. The average molecular weight is 179 g/mol. The molecule has 2 rings (SSSR count). The Morgan fingerprint density at radius 3 is 3.23 bits per heavy atom. The van der Waals surface area contributed by atoms with Crippen molar-refractivity contribution < 1.29 is 0 Å². The van der Waals surface area contributed by atoms with E-state index in [1.165, 1.54) is 24.9 Å². The second-order valence-corrected chi connectivity index (χ2v) is 3.95. The standard InChI is InChI=1S/C10H17N3/c1-9-5-12-13(7-9)8-10-3-2-4-11-6-10/h5,7,10-11H,2-4,6,8H2,1H3/t10-/m0/s1. The van der Waals surface area contributed by atoms with Crippen LogP contribution < -0.4 is 5.32 Å². The molecule has 1 aliphatic heterocycles. The van der Waals surface area contributed by atoms with Gasteiger partial charge < -0.3 is 5.32 Å². The lowest BCUT2D eigenvalue weighted by molar-refractivity contribution is 0.325. The molecule has 1 aliphatic rings. The summed E-state index contributed by atoms with van der Waals surface area (Å²) in [6.07, 6.45) is 6.70. The van der Waals surface area contributed by atoms with Gasteiger partial charge in [0.05, 0.1) is 6.20 Å². The maximum Gasteiger partial charge on any atom is 0.0518 e. The van der Waals surface area contributed by atoms with E-state index in [1.54, 1.807) is 0 Å². The summed E-state index contributed by atoms with van der Waals surface area (Å²) in [6, 6.07) is 0. The fourth-order valence-corrected chi connectivity index (χ4v) is 1.91. The zero-order valence-corrected chi connectivity index (χ0v) is 8.16. The molecule has 0 aromatic carbocycles. The van der Waals surface area contributed by atoms with E-state index >= 15 is 0 Å². The lowest BCUT2D eigenvalue weighted by atomic mass is 10.00. The van der Waals surface area contributed by atoms with E-state index in [1.807, 2.05) is 6.20 Å². The molecule has 1 aromatic rings. The van der Waals surface area contributed by atoms with Crippen LogP contribution in [0.2, 0.25) is 0 Å². The van der Waals surface area contributed by atoms with Gasteiger partial charge in [0, 0.05) is 12.7 Å². The summed E-state index contributed by atoms with van der Waals surface area (Å²) in [7, 11) is 0. The van der Waals surface area contributed by atoms with Crippen LogP contribution in [-0.4, -0.2) is 22.9 Å². The first-order chi connectivity index (χ1) is 6.34.